The van der Waals surface area contributed by atoms with Gasteiger partial charge in [0, 0.05) is 23.8 Å². The Morgan fingerprint density at radius 2 is 1.84 bits per heavy atom. The molecule has 2 saturated carbocycles. The number of nitrogens with one attached hydrogen (secondary N) is 1. The average Bonchev–Trinajstić information content (AvgIpc) is 3.09. The molecule has 0 radical (unpaired) electrons. The molecule has 38 heavy (non-hydrogen) atoms. The van der Waals surface area contributed by atoms with Crippen LogP contribution < -0.4 is 10.1 Å². The number of ether oxygens (including phenoxy) is 3. The van der Waals surface area contributed by atoms with Gasteiger partial charge in [0.2, 0.25) is 12.1 Å². The molecular formula is C29H39NO8. The molecule has 1 aromatic rings. The van der Waals surface area contributed by atoms with Crippen LogP contribution in [0.5, 0.6) is 5.75 Å². The molecule has 4 aliphatic heterocycles. The molecule has 2 N–H and O–H groups in total. The van der Waals surface area contributed by atoms with Gasteiger partial charge in [0.1, 0.15) is 11.8 Å². The molecular weight excluding hydrogens is 490 g/mol. The molecule has 4 heterocycles. The molecule has 0 unspecified atom stereocenters. The van der Waals surface area contributed by atoms with Gasteiger partial charge in [-0.2, -0.15) is 0 Å². The van der Waals surface area contributed by atoms with Gasteiger partial charge >= 0.3 is 5.97 Å². The van der Waals surface area contributed by atoms with Crippen molar-refractivity contribution in [1.29, 1.82) is 0 Å². The fourth-order valence-electron chi connectivity index (χ4n) is 7.35. The van der Waals surface area contributed by atoms with Gasteiger partial charge in [-0.25, -0.2) is 14.6 Å². The van der Waals surface area contributed by atoms with E-state index in [1.165, 1.54) is 0 Å². The number of carboxylic acid groups (broad SMARTS) is 1. The third-order valence-corrected chi connectivity index (χ3v) is 9.86. The van der Waals surface area contributed by atoms with Crippen LogP contribution in [0.4, 0.5) is 0 Å². The van der Waals surface area contributed by atoms with Gasteiger partial charge < -0.3 is 24.6 Å². The number of hydrogen-bond acceptors (Lipinski definition) is 7. The summed E-state index contributed by atoms with van der Waals surface area (Å²) in [5, 5.41) is 12.2. The van der Waals surface area contributed by atoms with Crippen molar-refractivity contribution in [2.45, 2.75) is 102 Å². The number of aliphatic carboxylic acids is 1. The molecule has 208 valence electrons. The molecule has 2 aliphatic carbocycles. The normalized spacial score (nSPS) is 40.8. The van der Waals surface area contributed by atoms with E-state index in [0.29, 0.717) is 29.6 Å². The summed E-state index contributed by atoms with van der Waals surface area (Å²) in [4.78, 5) is 36.5. The van der Waals surface area contributed by atoms with Crippen molar-refractivity contribution in [1.82, 2.24) is 5.32 Å². The number of carbonyl (C=O) groups excluding carboxylic acids is 1. The predicted molar refractivity (Wildman–Crippen MR) is 135 cm³/mol. The highest BCUT2D eigenvalue weighted by Crippen LogP contribution is 2.60. The van der Waals surface area contributed by atoms with Crippen LogP contribution >= 0.6 is 0 Å². The van der Waals surface area contributed by atoms with E-state index in [2.05, 4.69) is 19.2 Å². The van der Waals surface area contributed by atoms with Crippen LogP contribution in [0.3, 0.4) is 0 Å². The van der Waals surface area contributed by atoms with Crippen LogP contribution in [0.15, 0.2) is 24.3 Å². The first-order chi connectivity index (χ1) is 18.2. The van der Waals surface area contributed by atoms with E-state index >= 15 is 0 Å². The van der Waals surface area contributed by atoms with Gasteiger partial charge in [-0.3, -0.25) is 4.79 Å². The summed E-state index contributed by atoms with van der Waals surface area (Å²) in [6.45, 7) is 6.32. The molecule has 9 nitrogen and oxygen atoms in total. The maximum Gasteiger partial charge on any atom is 0.326 e. The largest absolute Gasteiger partial charge is 0.480 e. The van der Waals surface area contributed by atoms with Crippen molar-refractivity contribution < 1.29 is 38.7 Å². The van der Waals surface area contributed by atoms with Crippen molar-refractivity contribution in [3.63, 3.8) is 0 Å². The van der Waals surface area contributed by atoms with Gasteiger partial charge in [-0.05, 0) is 74.6 Å². The van der Waals surface area contributed by atoms with Crippen LogP contribution in [-0.4, -0.2) is 47.0 Å². The zero-order valence-corrected chi connectivity index (χ0v) is 22.4. The van der Waals surface area contributed by atoms with E-state index in [1.54, 1.807) is 24.3 Å². The summed E-state index contributed by atoms with van der Waals surface area (Å²) in [5.41, 5.74) is -0.254. The molecule has 7 rings (SSSR count). The summed E-state index contributed by atoms with van der Waals surface area (Å²) >= 11 is 0. The maximum atomic E-state index is 12.8. The van der Waals surface area contributed by atoms with Crippen LogP contribution in [0.25, 0.3) is 0 Å². The molecule has 1 amide bonds. The Morgan fingerprint density at radius 3 is 2.53 bits per heavy atom. The number of carboxylic acids is 1. The van der Waals surface area contributed by atoms with E-state index in [4.69, 9.17) is 24.0 Å². The fraction of sp³-hybridized carbons (Fsp3) is 0.724. The van der Waals surface area contributed by atoms with Crippen molar-refractivity contribution in [3.05, 3.63) is 29.8 Å². The minimum atomic E-state index is -0.997. The Bertz CT molecular complexity index is 1060. The van der Waals surface area contributed by atoms with Crippen molar-refractivity contribution in [2.24, 2.45) is 29.6 Å². The SMILES string of the molecule is C[C@H]1[C@@H](Oc2ccc(C(=O)N[C@@H](CC3CCC3)C(=O)O)cc2)O[C@@H]2O[C@@]3(C)CC[C@H]4[C@H](C)CC[C@@H]1[C@@]24OO3. The summed E-state index contributed by atoms with van der Waals surface area (Å²) in [5.74, 6) is -0.333. The van der Waals surface area contributed by atoms with E-state index in [1.807, 2.05) is 6.92 Å². The molecule has 9 atom stereocenters. The fourth-order valence-corrected chi connectivity index (χ4v) is 7.35. The number of fused-ring (bicyclic) bond motifs is 2. The zero-order chi connectivity index (χ0) is 26.7. The van der Waals surface area contributed by atoms with Gasteiger partial charge in [0.05, 0.1) is 0 Å². The summed E-state index contributed by atoms with van der Waals surface area (Å²) in [6.07, 6.45) is 6.34. The van der Waals surface area contributed by atoms with Crippen LogP contribution in [0, 0.1) is 29.6 Å². The molecule has 1 spiro atoms. The summed E-state index contributed by atoms with van der Waals surface area (Å²) in [6, 6.07) is 5.88. The molecule has 2 bridgehead atoms. The second-order valence-electron chi connectivity index (χ2n) is 12.3. The highest BCUT2D eigenvalue weighted by atomic mass is 17.3. The lowest BCUT2D eigenvalue weighted by Gasteiger charge is -2.60. The topological polar surface area (TPSA) is 113 Å². The average molecular weight is 530 g/mol. The third kappa shape index (κ3) is 4.41. The Morgan fingerprint density at radius 1 is 1.08 bits per heavy atom. The molecule has 0 aromatic heterocycles. The third-order valence-electron chi connectivity index (χ3n) is 9.86. The lowest BCUT2D eigenvalue weighted by atomic mass is 9.58. The Kier molecular flexibility index (Phi) is 6.69. The molecule has 9 heteroatoms. The zero-order valence-electron chi connectivity index (χ0n) is 22.4. The van der Waals surface area contributed by atoms with E-state index in [9.17, 15) is 14.7 Å². The lowest BCUT2D eigenvalue weighted by molar-refractivity contribution is -0.575. The minimum Gasteiger partial charge on any atom is -0.480 e. The van der Waals surface area contributed by atoms with Gasteiger partial charge in [-0.15, -0.1) is 0 Å². The van der Waals surface area contributed by atoms with Crippen molar-refractivity contribution >= 4 is 11.9 Å². The second-order valence-corrected chi connectivity index (χ2v) is 12.3. The van der Waals surface area contributed by atoms with Crippen LogP contribution in [0.2, 0.25) is 0 Å². The Hall–Kier alpha value is -2.20. The van der Waals surface area contributed by atoms with Gasteiger partial charge in [-0.1, -0.05) is 33.1 Å². The maximum absolute atomic E-state index is 12.8. The number of carbonyl (C=O) groups is 2. The number of amides is 1. The van der Waals surface area contributed by atoms with Gasteiger partial charge in [0.15, 0.2) is 11.9 Å². The first-order valence-corrected chi connectivity index (χ1v) is 14.2. The predicted octanol–water partition coefficient (Wildman–Crippen LogP) is 4.65. The van der Waals surface area contributed by atoms with Crippen molar-refractivity contribution in [3.8, 4) is 5.75 Å². The van der Waals surface area contributed by atoms with E-state index in [0.717, 1.165) is 44.9 Å². The number of hydrogen-bond donors (Lipinski definition) is 2. The quantitative estimate of drug-likeness (QED) is 0.491. The van der Waals surface area contributed by atoms with Crippen molar-refractivity contribution in [2.75, 3.05) is 0 Å². The summed E-state index contributed by atoms with van der Waals surface area (Å²) in [7, 11) is 0. The molecule has 1 aromatic carbocycles. The second kappa shape index (κ2) is 9.77. The van der Waals surface area contributed by atoms with Crippen LogP contribution in [-0.2, 0) is 24.0 Å². The molecule has 6 fully saturated rings. The monoisotopic (exact) mass is 529 g/mol. The lowest BCUT2D eigenvalue weighted by Crippen LogP contribution is -2.70. The first kappa shape index (κ1) is 26.0. The first-order valence-electron chi connectivity index (χ1n) is 14.2. The Labute approximate surface area is 223 Å². The summed E-state index contributed by atoms with van der Waals surface area (Å²) < 4.78 is 19.2. The highest BCUT2D eigenvalue weighted by Gasteiger charge is 2.69. The molecule has 6 aliphatic rings. The van der Waals surface area contributed by atoms with Gasteiger partial charge in [0.25, 0.3) is 5.91 Å². The van der Waals surface area contributed by atoms with Crippen LogP contribution in [0.1, 0.15) is 82.5 Å². The minimum absolute atomic E-state index is 0.0294. The number of rotatable bonds is 7. The highest BCUT2D eigenvalue weighted by molar-refractivity contribution is 5.96. The number of benzene rings is 1. The van der Waals surface area contributed by atoms with E-state index < -0.39 is 41.9 Å². The standard InChI is InChI=1S/C29H39NO8/c1-16-7-12-22-17(2)26(35-27-29(22)21(16)13-14-28(3,36-27)37-38-29)34-20-10-8-19(9-11-20)24(31)30-23(25(32)33)15-18-5-4-6-18/h8-11,16-18,21-23,26-27H,4-7,12-15H2,1-3H3,(H,30,31)(H,32,33)/t16-,17-,21+,22+,23+,26+,27-,28-,29-/m1/s1. The smallest absolute Gasteiger partial charge is 0.326 e. The van der Waals surface area contributed by atoms with E-state index in [-0.39, 0.29) is 17.8 Å². The molecule has 4 saturated heterocycles. The Balaban J connectivity index is 1.15.